The van der Waals surface area contributed by atoms with Crippen molar-refractivity contribution in [1.82, 2.24) is 15.3 Å². The van der Waals surface area contributed by atoms with Crippen molar-refractivity contribution in [1.29, 1.82) is 0 Å². The summed E-state index contributed by atoms with van der Waals surface area (Å²) in [4.78, 5) is 18.4. The van der Waals surface area contributed by atoms with Crippen LogP contribution < -0.4 is 5.32 Å². The molecule has 0 aliphatic carbocycles. The smallest absolute Gasteiger partial charge is 0.226 e. The molecule has 0 bridgehead atoms. The number of aromatic nitrogens is 2. The first-order valence-corrected chi connectivity index (χ1v) is 4.13. The van der Waals surface area contributed by atoms with Crippen LogP contribution in [0, 0.1) is 0 Å². The summed E-state index contributed by atoms with van der Waals surface area (Å²) < 4.78 is 0. The highest BCUT2D eigenvalue weighted by molar-refractivity contribution is 5.79. The van der Waals surface area contributed by atoms with Gasteiger partial charge in [0.25, 0.3) is 0 Å². The molecule has 64 valence electrons. The molecule has 1 aromatic rings. The number of hydrogen-bond acceptors (Lipinski definition) is 2. The van der Waals surface area contributed by atoms with Gasteiger partial charge in [-0.05, 0) is 0 Å². The second kappa shape index (κ2) is 2.62. The van der Waals surface area contributed by atoms with Crippen molar-refractivity contribution in [3.05, 3.63) is 17.2 Å². The summed E-state index contributed by atoms with van der Waals surface area (Å²) >= 11 is 0. The van der Waals surface area contributed by atoms with Gasteiger partial charge in [0.2, 0.25) is 5.91 Å². The summed E-state index contributed by atoms with van der Waals surface area (Å²) in [5.74, 6) is 1.04. The van der Waals surface area contributed by atoms with Crippen LogP contribution >= 0.6 is 0 Å². The monoisotopic (exact) mass is 165 g/mol. The highest BCUT2D eigenvalue weighted by Gasteiger charge is 2.18. The summed E-state index contributed by atoms with van der Waals surface area (Å²) in [6, 6.07) is 0. The van der Waals surface area contributed by atoms with Gasteiger partial charge in [0, 0.05) is 6.42 Å². The van der Waals surface area contributed by atoms with Crippen molar-refractivity contribution in [3.8, 4) is 0 Å². The quantitative estimate of drug-likeness (QED) is 0.622. The van der Waals surface area contributed by atoms with Crippen LogP contribution in [0.25, 0.3) is 0 Å². The fourth-order valence-electron chi connectivity index (χ4n) is 1.37. The fraction of sp³-hybridized carbons (Fsp3) is 0.500. The van der Waals surface area contributed by atoms with Crippen LogP contribution in [-0.4, -0.2) is 15.9 Å². The van der Waals surface area contributed by atoms with E-state index in [0.717, 1.165) is 23.6 Å². The summed E-state index contributed by atoms with van der Waals surface area (Å²) in [5, 5.41) is 2.77. The lowest BCUT2D eigenvalue weighted by molar-refractivity contribution is -0.121. The Morgan fingerprint density at radius 3 is 3.17 bits per heavy atom. The number of nitrogens with zero attached hydrogens (tertiary/aromatic N) is 1. The molecule has 4 nitrogen and oxygen atoms in total. The van der Waals surface area contributed by atoms with Gasteiger partial charge < -0.3 is 10.3 Å². The molecule has 1 aromatic heterocycles. The van der Waals surface area contributed by atoms with E-state index in [-0.39, 0.29) is 5.91 Å². The number of aryl methyl sites for hydroxylation is 1. The van der Waals surface area contributed by atoms with Gasteiger partial charge in [0.05, 0.1) is 24.4 Å². The Morgan fingerprint density at radius 2 is 2.42 bits per heavy atom. The third-order valence-electron chi connectivity index (χ3n) is 2.04. The van der Waals surface area contributed by atoms with Gasteiger partial charge in [0.15, 0.2) is 0 Å². The number of H-pyrrole nitrogens is 1. The minimum Gasteiger partial charge on any atom is -0.350 e. The maximum atomic E-state index is 11.0. The van der Waals surface area contributed by atoms with Crippen molar-refractivity contribution >= 4 is 5.91 Å². The van der Waals surface area contributed by atoms with Crippen molar-refractivity contribution in [2.24, 2.45) is 0 Å². The summed E-state index contributed by atoms with van der Waals surface area (Å²) in [7, 11) is 0. The second-order valence-corrected chi connectivity index (χ2v) is 2.92. The number of rotatable bonds is 1. The van der Waals surface area contributed by atoms with Crippen molar-refractivity contribution < 1.29 is 4.79 Å². The molecule has 0 saturated heterocycles. The molecule has 4 heteroatoms. The number of carbonyl (C=O) groups excluding carboxylic acids is 1. The highest BCUT2D eigenvalue weighted by Crippen LogP contribution is 2.11. The van der Waals surface area contributed by atoms with Crippen LogP contribution in [0.4, 0.5) is 0 Å². The van der Waals surface area contributed by atoms with E-state index in [1.165, 1.54) is 0 Å². The molecule has 2 rings (SSSR count). The summed E-state index contributed by atoms with van der Waals surface area (Å²) in [5.41, 5.74) is 1.97. The molecule has 0 atom stereocenters. The van der Waals surface area contributed by atoms with E-state index in [1.54, 1.807) is 0 Å². The predicted molar refractivity (Wildman–Crippen MR) is 43.5 cm³/mol. The predicted octanol–water partition coefficient (Wildman–Crippen LogP) is 0.144. The Kier molecular flexibility index (Phi) is 1.60. The SMILES string of the molecule is CCc1nc2c([nH]1)CNC(=O)C2. The zero-order valence-corrected chi connectivity index (χ0v) is 6.98. The molecule has 0 unspecified atom stereocenters. The van der Waals surface area contributed by atoms with Gasteiger partial charge in [-0.25, -0.2) is 4.98 Å². The van der Waals surface area contributed by atoms with Gasteiger partial charge >= 0.3 is 0 Å². The standard InChI is InChI=1S/C8H11N3O/c1-2-7-10-5-3-8(12)9-4-6(5)11-7/h2-4H2,1H3,(H,9,12)(H,10,11). The lowest BCUT2D eigenvalue weighted by atomic mass is 10.2. The molecule has 0 aromatic carbocycles. The third kappa shape index (κ3) is 1.09. The normalized spacial score (nSPS) is 15.6. The van der Waals surface area contributed by atoms with Gasteiger partial charge in [0.1, 0.15) is 5.82 Å². The largest absolute Gasteiger partial charge is 0.350 e. The van der Waals surface area contributed by atoms with E-state index in [2.05, 4.69) is 15.3 Å². The molecule has 1 amide bonds. The third-order valence-corrected chi connectivity index (χ3v) is 2.04. The zero-order chi connectivity index (χ0) is 8.55. The minimum absolute atomic E-state index is 0.0663. The number of nitrogens with one attached hydrogen (secondary N) is 2. The molecule has 0 radical (unpaired) electrons. The van der Waals surface area contributed by atoms with Crippen molar-refractivity contribution in [2.45, 2.75) is 26.3 Å². The van der Waals surface area contributed by atoms with Gasteiger partial charge in [-0.1, -0.05) is 6.92 Å². The van der Waals surface area contributed by atoms with Crippen LogP contribution in [0.15, 0.2) is 0 Å². The number of hydrogen-bond donors (Lipinski definition) is 2. The van der Waals surface area contributed by atoms with E-state index in [0.29, 0.717) is 13.0 Å². The van der Waals surface area contributed by atoms with Crippen LogP contribution in [0.1, 0.15) is 24.1 Å². The average Bonchev–Trinajstić information content (AvgIpc) is 2.46. The average molecular weight is 165 g/mol. The summed E-state index contributed by atoms with van der Waals surface area (Å²) in [6.45, 7) is 2.64. The van der Waals surface area contributed by atoms with E-state index in [4.69, 9.17) is 0 Å². The molecule has 0 spiro atoms. The van der Waals surface area contributed by atoms with Gasteiger partial charge in [-0.2, -0.15) is 0 Å². The zero-order valence-electron chi connectivity index (χ0n) is 6.98. The van der Waals surface area contributed by atoms with Crippen molar-refractivity contribution in [2.75, 3.05) is 0 Å². The second-order valence-electron chi connectivity index (χ2n) is 2.92. The molecule has 2 N–H and O–H groups in total. The van der Waals surface area contributed by atoms with E-state index in [9.17, 15) is 4.79 Å². The maximum absolute atomic E-state index is 11.0. The molecule has 12 heavy (non-hydrogen) atoms. The highest BCUT2D eigenvalue weighted by atomic mass is 16.1. The molecule has 1 aliphatic rings. The molecular weight excluding hydrogens is 154 g/mol. The van der Waals surface area contributed by atoms with Crippen LogP contribution in [0.5, 0.6) is 0 Å². The molecular formula is C8H11N3O. The first-order valence-electron chi connectivity index (χ1n) is 4.13. The molecule has 1 aliphatic heterocycles. The number of fused-ring (bicyclic) bond motifs is 1. The first kappa shape index (κ1) is 7.34. The van der Waals surface area contributed by atoms with Crippen LogP contribution in [-0.2, 0) is 24.2 Å². The first-order chi connectivity index (χ1) is 5.79. The van der Waals surface area contributed by atoms with E-state index < -0.39 is 0 Å². The number of imidazole rings is 1. The van der Waals surface area contributed by atoms with Crippen molar-refractivity contribution in [3.63, 3.8) is 0 Å². The fourth-order valence-corrected chi connectivity index (χ4v) is 1.37. The van der Waals surface area contributed by atoms with Crippen LogP contribution in [0.3, 0.4) is 0 Å². The molecule has 0 fully saturated rings. The minimum atomic E-state index is 0.0663. The topological polar surface area (TPSA) is 57.8 Å². The van der Waals surface area contributed by atoms with E-state index in [1.807, 2.05) is 6.92 Å². The molecule has 0 saturated carbocycles. The Labute approximate surface area is 70.4 Å². The number of aromatic amines is 1. The molecule has 2 heterocycles. The summed E-state index contributed by atoms with van der Waals surface area (Å²) in [6.07, 6.45) is 1.31. The van der Waals surface area contributed by atoms with Crippen LogP contribution in [0.2, 0.25) is 0 Å². The Bertz CT molecular complexity index is 316. The van der Waals surface area contributed by atoms with E-state index >= 15 is 0 Å². The Balaban J connectivity index is 2.34. The van der Waals surface area contributed by atoms with Gasteiger partial charge in [-0.3, -0.25) is 4.79 Å². The number of amides is 1. The number of carbonyl (C=O) groups is 1. The van der Waals surface area contributed by atoms with Gasteiger partial charge in [-0.15, -0.1) is 0 Å². The lowest BCUT2D eigenvalue weighted by Gasteiger charge is -2.09. The lowest BCUT2D eigenvalue weighted by Crippen LogP contribution is -2.30. The maximum Gasteiger partial charge on any atom is 0.226 e. The Morgan fingerprint density at radius 1 is 1.58 bits per heavy atom. The Hall–Kier alpha value is -1.32.